The van der Waals surface area contributed by atoms with Gasteiger partial charge in [0.2, 0.25) is 0 Å². The van der Waals surface area contributed by atoms with Crippen LogP contribution in [0.1, 0.15) is 20.8 Å². The monoisotopic (exact) mass is 190 g/mol. The van der Waals surface area contributed by atoms with Crippen LogP contribution in [0.3, 0.4) is 0 Å². The third-order valence-electron chi connectivity index (χ3n) is 2.03. The van der Waals surface area contributed by atoms with Crippen molar-refractivity contribution in [2.24, 2.45) is 5.41 Å². The second-order valence-corrected chi connectivity index (χ2v) is 5.31. The van der Waals surface area contributed by atoms with E-state index in [-0.39, 0.29) is 11.7 Å². The Kier molecular flexibility index (Phi) is 3.44. The summed E-state index contributed by atoms with van der Waals surface area (Å²) in [6.07, 6.45) is 2.07. The van der Waals surface area contributed by atoms with Crippen LogP contribution < -0.4 is 0 Å². The zero-order chi connectivity index (χ0) is 9.19. The van der Waals surface area contributed by atoms with E-state index in [1.54, 1.807) is 11.8 Å². The summed E-state index contributed by atoms with van der Waals surface area (Å²) < 4.78 is 11.2. The highest BCUT2D eigenvalue weighted by Gasteiger charge is 2.30. The van der Waals surface area contributed by atoms with E-state index in [0.29, 0.717) is 5.25 Å². The maximum absolute atomic E-state index is 5.60. The lowest BCUT2D eigenvalue weighted by atomic mass is 9.95. The SMILES string of the molecule is CSC(C)C1OCC(C)(C)CO1. The Balaban J connectivity index is 2.36. The highest BCUT2D eigenvalue weighted by Crippen LogP contribution is 2.26. The van der Waals surface area contributed by atoms with Gasteiger partial charge in [-0.3, -0.25) is 0 Å². The summed E-state index contributed by atoms with van der Waals surface area (Å²) in [6, 6.07) is 0. The van der Waals surface area contributed by atoms with Crippen molar-refractivity contribution in [2.45, 2.75) is 32.3 Å². The lowest BCUT2D eigenvalue weighted by Gasteiger charge is -2.36. The Morgan fingerprint density at radius 1 is 1.33 bits per heavy atom. The van der Waals surface area contributed by atoms with Crippen molar-refractivity contribution >= 4 is 11.8 Å². The summed E-state index contributed by atoms with van der Waals surface area (Å²) in [4.78, 5) is 0. The van der Waals surface area contributed by atoms with Crippen LogP contribution in [0.5, 0.6) is 0 Å². The van der Waals surface area contributed by atoms with Crippen LogP contribution in [0.15, 0.2) is 0 Å². The molecule has 0 aromatic carbocycles. The van der Waals surface area contributed by atoms with Crippen molar-refractivity contribution in [3.05, 3.63) is 0 Å². The molecule has 0 radical (unpaired) electrons. The molecule has 2 nitrogen and oxygen atoms in total. The fraction of sp³-hybridized carbons (Fsp3) is 1.00. The maximum atomic E-state index is 5.60. The van der Waals surface area contributed by atoms with Crippen molar-refractivity contribution in [3.8, 4) is 0 Å². The van der Waals surface area contributed by atoms with Gasteiger partial charge in [-0.25, -0.2) is 0 Å². The molecule has 1 atom stereocenters. The largest absolute Gasteiger partial charge is 0.351 e. The quantitative estimate of drug-likeness (QED) is 0.664. The molecule has 1 unspecified atom stereocenters. The summed E-state index contributed by atoms with van der Waals surface area (Å²) >= 11 is 1.78. The summed E-state index contributed by atoms with van der Waals surface area (Å²) in [7, 11) is 0. The van der Waals surface area contributed by atoms with Gasteiger partial charge in [-0.05, 0) is 13.2 Å². The summed E-state index contributed by atoms with van der Waals surface area (Å²) in [5, 5.41) is 0.432. The average Bonchev–Trinajstić information content (AvgIpc) is 2.03. The predicted molar refractivity (Wildman–Crippen MR) is 52.5 cm³/mol. The smallest absolute Gasteiger partial charge is 0.169 e. The maximum Gasteiger partial charge on any atom is 0.169 e. The molecule has 1 heterocycles. The molecule has 3 heteroatoms. The summed E-state index contributed by atoms with van der Waals surface area (Å²) in [5.74, 6) is 0. The molecule has 0 spiro atoms. The fourth-order valence-electron chi connectivity index (χ4n) is 1.09. The highest BCUT2D eigenvalue weighted by molar-refractivity contribution is 7.99. The van der Waals surface area contributed by atoms with Gasteiger partial charge >= 0.3 is 0 Å². The molecule has 0 N–H and O–H groups in total. The molecule has 0 bridgehead atoms. The van der Waals surface area contributed by atoms with E-state index in [4.69, 9.17) is 9.47 Å². The van der Waals surface area contributed by atoms with Gasteiger partial charge in [-0.2, -0.15) is 11.8 Å². The van der Waals surface area contributed by atoms with Crippen molar-refractivity contribution < 1.29 is 9.47 Å². The predicted octanol–water partition coefficient (Wildman–Crippen LogP) is 2.14. The first kappa shape index (κ1) is 10.4. The van der Waals surface area contributed by atoms with Crippen LogP contribution >= 0.6 is 11.8 Å². The van der Waals surface area contributed by atoms with E-state index >= 15 is 0 Å². The topological polar surface area (TPSA) is 18.5 Å². The van der Waals surface area contributed by atoms with Crippen LogP contribution in [0.25, 0.3) is 0 Å². The van der Waals surface area contributed by atoms with E-state index in [9.17, 15) is 0 Å². The van der Waals surface area contributed by atoms with Crippen molar-refractivity contribution in [1.82, 2.24) is 0 Å². The highest BCUT2D eigenvalue weighted by atomic mass is 32.2. The van der Waals surface area contributed by atoms with E-state index in [0.717, 1.165) is 13.2 Å². The van der Waals surface area contributed by atoms with E-state index in [2.05, 4.69) is 27.0 Å². The summed E-state index contributed by atoms with van der Waals surface area (Å²) in [6.45, 7) is 8.07. The number of hydrogen-bond donors (Lipinski definition) is 0. The minimum absolute atomic E-state index is 0.00646. The van der Waals surface area contributed by atoms with Gasteiger partial charge in [-0.1, -0.05) is 13.8 Å². The molecule has 1 fully saturated rings. The van der Waals surface area contributed by atoms with Crippen molar-refractivity contribution in [2.75, 3.05) is 19.5 Å². The van der Waals surface area contributed by atoms with Crippen LogP contribution in [-0.2, 0) is 9.47 Å². The zero-order valence-corrected chi connectivity index (χ0v) is 9.11. The first-order chi connectivity index (χ1) is 5.55. The van der Waals surface area contributed by atoms with E-state index < -0.39 is 0 Å². The van der Waals surface area contributed by atoms with Gasteiger partial charge in [0, 0.05) is 5.41 Å². The van der Waals surface area contributed by atoms with Gasteiger partial charge in [0.1, 0.15) is 0 Å². The Morgan fingerprint density at radius 2 is 1.83 bits per heavy atom. The Morgan fingerprint density at radius 3 is 2.25 bits per heavy atom. The van der Waals surface area contributed by atoms with Crippen LogP contribution in [0.4, 0.5) is 0 Å². The van der Waals surface area contributed by atoms with Gasteiger partial charge in [0.25, 0.3) is 0 Å². The lowest BCUT2D eigenvalue weighted by molar-refractivity contribution is -0.219. The lowest BCUT2D eigenvalue weighted by Crippen LogP contribution is -2.41. The molecule has 1 aliphatic rings. The molecule has 1 saturated heterocycles. The molecular weight excluding hydrogens is 172 g/mol. The Hall–Kier alpha value is 0.270. The minimum Gasteiger partial charge on any atom is -0.351 e. The minimum atomic E-state index is -0.00646. The van der Waals surface area contributed by atoms with Crippen LogP contribution in [0.2, 0.25) is 0 Å². The van der Waals surface area contributed by atoms with Crippen molar-refractivity contribution in [3.63, 3.8) is 0 Å². The molecule has 12 heavy (non-hydrogen) atoms. The Bertz CT molecular complexity index is 137. The normalized spacial score (nSPS) is 27.0. The molecule has 0 aromatic rings. The second kappa shape index (κ2) is 3.99. The third-order valence-corrected chi connectivity index (χ3v) is 3.00. The Labute approximate surface area is 79.0 Å². The zero-order valence-electron chi connectivity index (χ0n) is 8.29. The van der Waals surface area contributed by atoms with Crippen LogP contribution in [0, 0.1) is 5.41 Å². The standard InChI is InChI=1S/C9H18O2S/c1-7(12-4)8-10-5-9(2,3)6-11-8/h7-8H,5-6H2,1-4H3. The molecule has 72 valence electrons. The van der Waals surface area contributed by atoms with Gasteiger partial charge in [-0.15, -0.1) is 0 Å². The average molecular weight is 190 g/mol. The molecule has 0 aliphatic carbocycles. The van der Waals surface area contributed by atoms with Gasteiger partial charge < -0.3 is 9.47 Å². The van der Waals surface area contributed by atoms with E-state index in [1.807, 2.05) is 0 Å². The third kappa shape index (κ3) is 2.64. The molecule has 0 amide bonds. The fourth-order valence-corrected chi connectivity index (χ4v) is 1.47. The molecule has 0 saturated carbocycles. The van der Waals surface area contributed by atoms with Gasteiger partial charge in [0.05, 0.1) is 18.5 Å². The van der Waals surface area contributed by atoms with Crippen LogP contribution in [-0.4, -0.2) is 31.0 Å². The first-order valence-corrected chi connectivity index (χ1v) is 5.60. The first-order valence-electron chi connectivity index (χ1n) is 4.31. The number of ether oxygens (including phenoxy) is 2. The van der Waals surface area contributed by atoms with Crippen molar-refractivity contribution in [1.29, 1.82) is 0 Å². The molecule has 1 aliphatic heterocycles. The molecule has 1 rings (SSSR count). The number of hydrogen-bond acceptors (Lipinski definition) is 3. The van der Waals surface area contributed by atoms with Gasteiger partial charge in [0.15, 0.2) is 6.29 Å². The number of rotatable bonds is 2. The molecular formula is C9H18O2S. The molecule has 0 aromatic heterocycles. The van der Waals surface area contributed by atoms with E-state index in [1.165, 1.54) is 0 Å². The summed E-state index contributed by atoms with van der Waals surface area (Å²) in [5.41, 5.74) is 0.189. The number of thioether (sulfide) groups is 1. The second-order valence-electron chi connectivity index (χ2n) is 4.10.